The van der Waals surface area contributed by atoms with Gasteiger partial charge in [-0.3, -0.25) is 4.79 Å². The Morgan fingerprint density at radius 1 is 1.07 bits per heavy atom. The second kappa shape index (κ2) is 13.1. The average molecular weight is 400 g/mol. The van der Waals surface area contributed by atoms with E-state index in [9.17, 15) is 9.90 Å². The summed E-state index contributed by atoms with van der Waals surface area (Å²) in [6.45, 7) is 6.18. The lowest BCUT2D eigenvalue weighted by Crippen LogP contribution is -2.35. The number of ether oxygens (including phenoxy) is 2. The van der Waals surface area contributed by atoms with Crippen LogP contribution in [0.15, 0.2) is 54.6 Å². The largest absolute Gasteiger partial charge is 0.494 e. The predicted octanol–water partition coefficient (Wildman–Crippen LogP) is 3.65. The molecule has 2 aromatic carbocycles. The average Bonchev–Trinajstić information content (AvgIpc) is 2.75. The molecule has 2 aromatic rings. The van der Waals surface area contributed by atoms with Gasteiger partial charge in [-0.15, -0.1) is 0 Å². The van der Waals surface area contributed by atoms with Crippen molar-refractivity contribution in [2.45, 2.75) is 45.3 Å². The highest BCUT2D eigenvalue weighted by Gasteiger charge is 2.22. The number of Topliss-reactive ketones (excluding diaryl/α,β-unsaturated/α-hetero) is 1. The first-order valence-electron chi connectivity index (χ1n) is 10.4. The Bertz CT molecular complexity index is 720. The van der Waals surface area contributed by atoms with Gasteiger partial charge < -0.3 is 19.9 Å². The summed E-state index contributed by atoms with van der Waals surface area (Å²) < 4.78 is 11.6. The van der Waals surface area contributed by atoms with E-state index < -0.39 is 12.2 Å². The highest BCUT2D eigenvalue weighted by atomic mass is 16.5. The third-order valence-electron chi connectivity index (χ3n) is 4.44. The minimum Gasteiger partial charge on any atom is -0.494 e. The Morgan fingerprint density at radius 3 is 2.59 bits per heavy atom. The number of aliphatic hydroxyl groups is 1. The summed E-state index contributed by atoms with van der Waals surface area (Å²) in [7, 11) is 0. The molecular formula is C24H33NO4. The van der Waals surface area contributed by atoms with Gasteiger partial charge in [0.25, 0.3) is 0 Å². The van der Waals surface area contributed by atoms with Gasteiger partial charge in [-0.1, -0.05) is 56.3 Å². The first kappa shape index (κ1) is 23.1. The lowest BCUT2D eigenvalue weighted by Gasteiger charge is -2.20. The molecule has 0 radical (unpaired) electrons. The topological polar surface area (TPSA) is 67.8 Å². The molecule has 2 unspecified atom stereocenters. The molecule has 0 fully saturated rings. The van der Waals surface area contributed by atoms with Gasteiger partial charge in [0.2, 0.25) is 0 Å². The first-order valence-corrected chi connectivity index (χ1v) is 10.4. The number of nitrogens with one attached hydrogen (secondary N) is 1. The molecule has 0 aromatic heterocycles. The molecule has 2 atom stereocenters. The molecule has 158 valence electrons. The van der Waals surface area contributed by atoms with E-state index >= 15 is 0 Å². The van der Waals surface area contributed by atoms with E-state index in [1.165, 1.54) is 0 Å². The number of aliphatic hydroxyl groups excluding tert-OH is 1. The summed E-state index contributed by atoms with van der Waals surface area (Å²) in [5, 5.41) is 13.3. The fourth-order valence-corrected chi connectivity index (χ4v) is 2.94. The van der Waals surface area contributed by atoms with Gasteiger partial charge in [0.15, 0.2) is 5.78 Å². The predicted molar refractivity (Wildman–Crippen MR) is 116 cm³/mol. The Balaban J connectivity index is 2.07. The van der Waals surface area contributed by atoms with Crippen LogP contribution in [0.3, 0.4) is 0 Å². The second-order valence-corrected chi connectivity index (χ2v) is 7.11. The van der Waals surface area contributed by atoms with E-state index in [0.717, 1.165) is 30.7 Å². The third kappa shape index (κ3) is 8.36. The summed E-state index contributed by atoms with van der Waals surface area (Å²) in [4.78, 5) is 13.0. The van der Waals surface area contributed by atoms with Crippen LogP contribution < -0.4 is 10.1 Å². The van der Waals surface area contributed by atoms with Crippen LogP contribution in [0.2, 0.25) is 0 Å². The molecule has 0 bridgehead atoms. The number of benzene rings is 2. The fraction of sp³-hybridized carbons (Fsp3) is 0.458. The fourth-order valence-electron chi connectivity index (χ4n) is 2.94. The van der Waals surface area contributed by atoms with Gasteiger partial charge in [0, 0.05) is 18.5 Å². The zero-order chi connectivity index (χ0) is 20.9. The number of carbonyl (C=O) groups is 1. The molecule has 5 heteroatoms. The maximum atomic E-state index is 13.0. The highest BCUT2D eigenvalue weighted by Crippen LogP contribution is 2.18. The van der Waals surface area contributed by atoms with Crippen LogP contribution in [-0.4, -0.2) is 49.4 Å². The van der Waals surface area contributed by atoms with Gasteiger partial charge in [-0.25, -0.2) is 0 Å². The van der Waals surface area contributed by atoms with Crippen LogP contribution in [-0.2, 0) is 11.2 Å². The summed E-state index contributed by atoms with van der Waals surface area (Å²) in [5.74, 6) is 0.707. The van der Waals surface area contributed by atoms with Crippen molar-refractivity contribution >= 4 is 5.78 Å². The molecule has 0 aliphatic heterocycles. The lowest BCUT2D eigenvalue weighted by molar-refractivity contribution is -0.00164. The molecule has 0 saturated carbocycles. The maximum Gasteiger partial charge on any atom is 0.191 e. The number of hydrogen-bond acceptors (Lipinski definition) is 5. The van der Waals surface area contributed by atoms with E-state index in [1.807, 2.05) is 42.5 Å². The molecule has 0 aliphatic carbocycles. The first-order chi connectivity index (χ1) is 14.1. The van der Waals surface area contributed by atoms with E-state index in [2.05, 4.69) is 19.2 Å². The number of ketones is 1. The van der Waals surface area contributed by atoms with Crippen molar-refractivity contribution in [3.8, 4) is 5.75 Å². The molecular weight excluding hydrogens is 366 g/mol. The number of carbonyl (C=O) groups excluding carboxylic acids is 1. The van der Waals surface area contributed by atoms with Crippen molar-refractivity contribution in [3.05, 3.63) is 65.7 Å². The van der Waals surface area contributed by atoms with Crippen LogP contribution in [0.4, 0.5) is 0 Å². The monoisotopic (exact) mass is 399 g/mol. The second-order valence-electron chi connectivity index (χ2n) is 7.11. The molecule has 5 nitrogen and oxygen atoms in total. The summed E-state index contributed by atoms with van der Waals surface area (Å²) in [5.41, 5.74) is 1.57. The molecule has 29 heavy (non-hydrogen) atoms. The van der Waals surface area contributed by atoms with Crippen LogP contribution in [0.5, 0.6) is 5.75 Å². The van der Waals surface area contributed by atoms with Crippen molar-refractivity contribution < 1.29 is 19.4 Å². The summed E-state index contributed by atoms with van der Waals surface area (Å²) in [6.07, 6.45) is 1.03. The minimum atomic E-state index is -0.667. The van der Waals surface area contributed by atoms with Gasteiger partial charge in [0.05, 0.1) is 19.3 Å². The SMILES string of the molecule is CCCNCC(O)COC(Cc1cccc(OCCC)c1)C(=O)c1ccccc1. The Labute approximate surface area is 174 Å². The molecule has 0 saturated heterocycles. The van der Waals surface area contributed by atoms with Crippen molar-refractivity contribution in [3.63, 3.8) is 0 Å². The number of hydrogen-bond donors (Lipinski definition) is 2. The lowest BCUT2D eigenvalue weighted by atomic mass is 9.99. The molecule has 0 spiro atoms. The molecule has 0 aliphatic rings. The van der Waals surface area contributed by atoms with E-state index in [0.29, 0.717) is 25.1 Å². The molecule has 2 rings (SSSR count). The van der Waals surface area contributed by atoms with Crippen LogP contribution in [0, 0.1) is 0 Å². The Hall–Kier alpha value is -2.21. The van der Waals surface area contributed by atoms with Crippen molar-refractivity contribution in [2.75, 3.05) is 26.3 Å². The van der Waals surface area contributed by atoms with Crippen molar-refractivity contribution in [1.82, 2.24) is 5.32 Å². The molecule has 0 heterocycles. The highest BCUT2D eigenvalue weighted by molar-refractivity contribution is 5.99. The standard InChI is InChI=1S/C24H33NO4/c1-3-13-25-17-21(26)18-29-23(24(27)20-10-6-5-7-11-20)16-19-9-8-12-22(15-19)28-14-4-2/h5-12,15,21,23,25-26H,3-4,13-14,16-18H2,1-2H3. The quantitative estimate of drug-likeness (QED) is 0.375. The van der Waals surface area contributed by atoms with Crippen LogP contribution in [0.1, 0.15) is 42.6 Å². The molecule has 2 N–H and O–H groups in total. The zero-order valence-electron chi connectivity index (χ0n) is 17.5. The number of rotatable bonds is 14. The van der Waals surface area contributed by atoms with E-state index in [-0.39, 0.29) is 12.4 Å². The van der Waals surface area contributed by atoms with E-state index in [1.54, 1.807) is 12.1 Å². The Morgan fingerprint density at radius 2 is 1.86 bits per heavy atom. The third-order valence-corrected chi connectivity index (χ3v) is 4.44. The van der Waals surface area contributed by atoms with E-state index in [4.69, 9.17) is 9.47 Å². The zero-order valence-corrected chi connectivity index (χ0v) is 17.5. The van der Waals surface area contributed by atoms with Crippen LogP contribution in [0.25, 0.3) is 0 Å². The van der Waals surface area contributed by atoms with Crippen molar-refractivity contribution in [2.24, 2.45) is 0 Å². The molecule has 0 amide bonds. The van der Waals surface area contributed by atoms with Gasteiger partial charge in [0.1, 0.15) is 11.9 Å². The van der Waals surface area contributed by atoms with Gasteiger partial charge in [-0.05, 0) is 37.1 Å². The minimum absolute atomic E-state index is 0.0841. The normalized spacial score (nSPS) is 13.1. The van der Waals surface area contributed by atoms with Crippen LogP contribution >= 0.6 is 0 Å². The maximum absolute atomic E-state index is 13.0. The van der Waals surface area contributed by atoms with Gasteiger partial charge in [-0.2, -0.15) is 0 Å². The summed E-state index contributed by atoms with van der Waals surface area (Å²) >= 11 is 0. The summed E-state index contributed by atoms with van der Waals surface area (Å²) in [6, 6.07) is 16.9. The Kier molecular flexibility index (Phi) is 10.4. The van der Waals surface area contributed by atoms with Gasteiger partial charge >= 0.3 is 0 Å². The smallest absolute Gasteiger partial charge is 0.191 e. The van der Waals surface area contributed by atoms with Crippen molar-refractivity contribution in [1.29, 1.82) is 0 Å².